The first-order valence-electron chi connectivity index (χ1n) is 8.53. The van der Waals surface area contributed by atoms with E-state index in [0.29, 0.717) is 19.5 Å². The third-order valence-corrected chi connectivity index (χ3v) is 4.69. The van der Waals surface area contributed by atoms with Crippen LogP contribution in [0.1, 0.15) is 17.4 Å². The first kappa shape index (κ1) is 17.9. The Kier molecular flexibility index (Phi) is 4.56. The van der Waals surface area contributed by atoms with Gasteiger partial charge in [0.15, 0.2) is 0 Å². The van der Waals surface area contributed by atoms with Gasteiger partial charge in [-0.3, -0.25) is 9.88 Å². The molecule has 0 bridgehead atoms. The number of pyridine rings is 1. The summed E-state index contributed by atoms with van der Waals surface area (Å²) in [6.07, 6.45) is -4.64. The fraction of sp³-hybridized carbons (Fsp3) is 0.389. The number of rotatable bonds is 4. The van der Waals surface area contributed by atoms with E-state index in [1.54, 1.807) is 0 Å². The Labute approximate surface area is 152 Å². The average Bonchev–Trinajstić information content (AvgIpc) is 3.22. The van der Waals surface area contributed by atoms with Crippen molar-refractivity contribution in [3.05, 3.63) is 53.8 Å². The van der Waals surface area contributed by atoms with Gasteiger partial charge in [0, 0.05) is 30.1 Å². The number of alkyl halides is 3. The van der Waals surface area contributed by atoms with Crippen LogP contribution >= 0.6 is 0 Å². The molecule has 2 atom stereocenters. The van der Waals surface area contributed by atoms with Crippen molar-refractivity contribution in [3.63, 3.8) is 0 Å². The second-order valence-electron chi connectivity index (χ2n) is 6.73. The highest BCUT2D eigenvalue weighted by Gasteiger charge is 2.38. The number of nitrogens with zero attached hydrogens (tertiary/aromatic N) is 4. The second kappa shape index (κ2) is 6.90. The summed E-state index contributed by atoms with van der Waals surface area (Å²) in [4.78, 5) is 9.80. The molecule has 1 N–H and O–H groups in total. The van der Waals surface area contributed by atoms with Crippen molar-refractivity contribution in [1.82, 2.24) is 20.0 Å². The highest BCUT2D eigenvalue weighted by molar-refractivity contribution is 5.78. The number of benzene rings is 1. The first-order chi connectivity index (χ1) is 12.9. The Bertz CT molecular complexity index is 944. The van der Waals surface area contributed by atoms with Crippen molar-refractivity contribution in [2.24, 2.45) is 5.92 Å². The molecule has 6 nitrogen and oxygen atoms in total. The maximum atomic E-state index is 12.5. The standard InChI is InChI=1S/C18H17F3N4O2/c19-18(20,21)17-23-16(27-24-17)10-25-8-12(15(26)9-25)7-13-6-5-11-3-1-2-4-14(11)22-13/h1-6,12,15,26H,7-10H2/t12-,15-/m1/s1. The molecule has 1 saturated heterocycles. The molecule has 0 unspecified atom stereocenters. The van der Waals surface area contributed by atoms with E-state index in [1.165, 1.54) is 0 Å². The zero-order chi connectivity index (χ0) is 19.0. The molecule has 0 saturated carbocycles. The number of aliphatic hydroxyl groups excluding tert-OH is 1. The first-order valence-corrected chi connectivity index (χ1v) is 8.53. The number of hydrogen-bond donors (Lipinski definition) is 1. The molecule has 0 radical (unpaired) electrons. The van der Waals surface area contributed by atoms with Crippen LogP contribution in [0.4, 0.5) is 13.2 Å². The quantitative estimate of drug-likeness (QED) is 0.752. The van der Waals surface area contributed by atoms with Crippen LogP contribution in [0.5, 0.6) is 0 Å². The lowest BCUT2D eigenvalue weighted by molar-refractivity contribution is -0.146. The number of hydrogen-bond acceptors (Lipinski definition) is 6. The highest BCUT2D eigenvalue weighted by Crippen LogP contribution is 2.27. The highest BCUT2D eigenvalue weighted by atomic mass is 19.4. The summed E-state index contributed by atoms with van der Waals surface area (Å²) < 4.78 is 42.3. The van der Waals surface area contributed by atoms with E-state index in [0.717, 1.165) is 16.6 Å². The maximum absolute atomic E-state index is 12.5. The topological polar surface area (TPSA) is 75.3 Å². The monoisotopic (exact) mass is 378 g/mol. The summed E-state index contributed by atoms with van der Waals surface area (Å²) in [5, 5.41) is 14.3. The van der Waals surface area contributed by atoms with Crippen molar-refractivity contribution < 1.29 is 22.8 Å². The van der Waals surface area contributed by atoms with Crippen LogP contribution < -0.4 is 0 Å². The van der Waals surface area contributed by atoms with E-state index in [4.69, 9.17) is 0 Å². The average molecular weight is 378 g/mol. The van der Waals surface area contributed by atoms with Gasteiger partial charge < -0.3 is 9.63 Å². The van der Waals surface area contributed by atoms with Gasteiger partial charge in [0.05, 0.1) is 18.2 Å². The normalized spacial score (nSPS) is 21.2. The molecule has 3 aromatic rings. The molecule has 2 aromatic heterocycles. The molecular formula is C18H17F3N4O2. The molecule has 0 aliphatic carbocycles. The predicted octanol–water partition coefficient (Wildman–Crippen LogP) is 2.67. The summed E-state index contributed by atoms with van der Waals surface area (Å²) in [6.45, 7) is 0.920. The molecule has 1 aliphatic rings. The SMILES string of the molecule is O[C@@H]1CN(Cc2nc(C(F)(F)F)no2)C[C@H]1Cc1ccc2ccccc2n1. The van der Waals surface area contributed by atoms with E-state index < -0.39 is 18.1 Å². The lowest BCUT2D eigenvalue weighted by Crippen LogP contribution is -2.21. The van der Waals surface area contributed by atoms with Gasteiger partial charge in [-0.2, -0.15) is 18.2 Å². The summed E-state index contributed by atoms with van der Waals surface area (Å²) in [5.41, 5.74) is 1.77. The van der Waals surface area contributed by atoms with Crippen molar-refractivity contribution in [3.8, 4) is 0 Å². The molecule has 0 spiro atoms. The van der Waals surface area contributed by atoms with E-state index in [-0.39, 0.29) is 18.4 Å². The van der Waals surface area contributed by atoms with Crippen molar-refractivity contribution >= 4 is 10.9 Å². The van der Waals surface area contributed by atoms with E-state index in [1.807, 2.05) is 41.3 Å². The molecule has 1 aliphatic heterocycles. The van der Waals surface area contributed by atoms with E-state index in [2.05, 4.69) is 19.6 Å². The van der Waals surface area contributed by atoms with Crippen LogP contribution in [-0.4, -0.2) is 44.3 Å². The molecule has 1 fully saturated rings. The Hall–Kier alpha value is -2.52. The van der Waals surface area contributed by atoms with Gasteiger partial charge in [-0.25, -0.2) is 0 Å². The number of aromatic nitrogens is 3. The molecule has 9 heteroatoms. The van der Waals surface area contributed by atoms with Crippen LogP contribution in [0.3, 0.4) is 0 Å². The minimum absolute atomic E-state index is 0.0660. The Morgan fingerprint density at radius 2 is 1.93 bits per heavy atom. The van der Waals surface area contributed by atoms with Gasteiger partial charge in [-0.1, -0.05) is 29.4 Å². The molecule has 3 heterocycles. The van der Waals surface area contributed by atoms with Gasteiger partial charge in [0.25, 0.3) is 5.82 Å². The van der Waals surface area contributed by atoms with Crippen molar-refractivity contribution in [2.75, 3.05) is 13.1 Å². The lowest BCUT2D eigenvalue weighted by atomic mass is 9.99. The number of likely N-dealkylation sites (tertiary alicyclic amines) is 1. The molecule has 142 valence electrons. The van der Waals surface area contributed by atoms with Crippen LogP contribution in [0.25, 0.3) is 10.9 Å². The van der Waals surface area contributed by atoms with Crippen molar-refractivity contribution in [2.45, 2.75) is 25.2 Å². The van der Waals surface area contributed by atoms with Crippen LogP contribution in [-0.2, 0) is 19.1 Å². The number of β-amino-alcohol motifs (C(OH)–C–C–N with tert-alkyl or cyclic N) is 1. The van der Waals surface area contributed by atoms with Gasteiger partial charge in [0.1, 0.15) is 0 Å². The summed E-state index contributed by atoms with van der Waals surface area (Å²) in [7, 11) is 0. The minimum atomic E-state index is -4.63. The smallest absolute Gasteiger partial charge is 0.391 e. The minimum Gasteiger partial charge on any atom is -0.391 e. The summed E-state index contributed by atoms with van der Waals surface area (Å²) in [5.74, 6) is -1.46. The van der Waals surface area contributed by atoms with E-state index >= 15 is 0 Å². The maximum Gasteiger partial charge on any atom is 0.455 e. The fourth-order valence-corrected chi connectivity index (χ4v) is 3.39. The lowest BCUT2D eigenvalue weighted by Gasteiger charge is -2.13. The molecule has 0 amide bonds. The number of halogens is 3. The number of fused-ring (bicyclic) bond motifs is 1. The predicted molar refractivity (Wildman–Crippen MR) is 89.5 cm³/mol. The fourth-order valence-electron chi connectivity index (χ4n) is 3.39. The largest absolute Gasteiger partial charge is 0.455 e. The Morgan fingerprint density at radius 1 is 1.11 bits per heavy atom. The summed E-state index contributed by atoms with van der Waals surface area (Å²) >= 11 is 0. The molecular weight excluding hydrogens is 361 g/mol. The Morgan fingerprint density at radius 3 is 2.70 bits per heavy atom. The van der Waals surface area contributed by atoms with Crippen LogP contribution in [0.15, 0.2) is 40.9 Å². The van der Waals surface area contributed by atoms with Gasteiger partial charge >= 0.3 is 6.18 Å². The molecule has 1 aromatic carbocycles. The number of para-hydroxylation sites is 1. The van der Waals surface area contributed by atoms with E-state index in [9.17, 15) is 18.3 Å². The zero-order valence-corrected chi connectivity index (χ0v) is 14.2. The van der Waals surface area contributed by atoms with Gasteiger partial charge in [-0.15, -0.1) is 0 Å². The van der Waals surface area contributed by atoms with Crippen LogP contribution in [0, 0.1) is 5.92 Å². The van der Waals surface area contributed by atoms with Gasteiger partial charge in [-0.05, 0) is 18.6 Å². The molecule has 4 rings (SSSR count). The Balaban J connectivity index is 1.41. The summed E-state index contributed by atoms with van der Waals surface area (Å²) in [6, 6.07) is 11.7. The second-order valence-corrected chi connectivity index (χ2v) is 6.73. The van der Waals surface area contributed by atoms with Crippen LogP contribution in [0.2, 0.25) is 0 Å². The third kappa shape index (κ3) is 3.93. The van der Waals surface area contributed by atoms with Crippen molar-refractivity contribution in [1.29, 1.82) is 0 Å². The number of aliphatic hydroxyl groups is 1. The third-order valence-electron chi connectivity index (χ3n) is 4.69. The molecule has 27 heavy (non-hydrogen) atoms. The zero-order valence-electron chi connectivity index (χ0n) is 14.2. The van der Waals surface area contributed by atoms with Gasteiger partial charge in [0.2, 0.25) is 5.89 Å².